The van der Waals surface area contributed by atoms with Crippen molar-refractivity contribution in [3.05, 3.63) is 71.4 Å². The number of aromatic nitrogens is 3. The van der Waals surface area contributed by atoms with Crippen LogP contribution in [0.3, 0.4) is 0 Å². The lowest BCUT2D eigenvalue weighted by Crippen LogP contribution is -2.43. The normalized spacial score (nSPS) is 22.4. The van der Waals surface area contributed by atoms with Crippen LogP contribution in [-0.4, -0.2) is 39.1 Å². The fraction of sp³-hybridized carbons (Fsp3) is 0.424. The van der Waals surface area contributed by atoms with Crippen molar-refractivity contribution in [2.24, 2.45) is 21.7 Å². The van der Waals surface area contributed by atoms with Crippen LogP contribution in [0.2, 0.25) is 0 Å². The second-order valence-corrected chi connectivity index (χ2v) is 12.7. The molecule has 6 rings (SSSR count). The Hall–Kier alpha value is -3.94. The highest BCUT2D eigenvalue weighted by Gasteiger charge is 2.46. The van der Waals surface area contributed by atoms with Crippen molar-refractivity contribution >= 4 is 29.3 Å². The second kappa shape index (κ2) is 10.5. The maximum atomic E-state index is 13.7. The number of carbonyl (C=O) groups excluding carboxylic acids is 2. The molecule has 1 amide bonds. The number of benzene rings is 1. The number of pyridine rings is 1. The molecule has 3 aromatic rings. The molecule has 2 aromatic heterocycles. The van der Waals surface area contributed by atoms with Crippen molar-refractivity contribution < 1.29 is 14.0 Å². The molecule has 2 unspecified atom stereocenters. The van der Waals surface area contributed by atoms with E-state index in [0.717, 1.165) is 36.1 Å². The van der Waals surface area contributed by atoms with E-state index in [4.69, 9.17) is 4.99 Å². The lowest BCUT2D eigenvalue weighted by molar-refractivity contribution is -0.124. The van der Waals surface area contributed by atoms with E-state index in [1.807, 2.05) is 30.4 Å². The Kier molecular flexibility index (Phi) is 6.96. The smallest absolute Gasteiger partial charge is 0.269 e. The molecule has 1 aromatic carbocycles. The maximum Gasteiger partial charge on any atom is 0.269 e. The summed E-state index contributed by atoms with van der Waals surface area (Å²) in [4.78, 5) is 36.4. The molecule has 2 atom stereocenters. The summed E-state index contributed by atoms with van der Waals surface area (Å²) in [6.45, 7) is 6.97. The summed E-state index contributed by atoms with van der Waals surface area (Å²) in [5.74, 6) is -0.747. The van der Waals surface area contributed by atoms with Gasteiger partial charge in [-0.3, -0.25) is 19.7 Å². The number of H-pyrrole nitrogens is 1. The Balaban J connectivity index is 1.32. The van der Waals surface area contributed by atoms with E-state index >= 15 is 0 Å². The molecule has 0 spiro atoms. The minimum Gasteiger partial charge on any atom is -0.350 e. The van der Waals surface area contributed by atoms with Crippen molar-refractivity contribution in [2.45, 2.75) is 65.2 Å². The van der Waals surface area contributed by atoms with Gasteiger partial charge in [0.05, 0.1) is 11.6 Å². The first-order valence-electron chi connectivity index (χ1n) is 14.5. The maximum absolute atomic E-state index is 13.7. The highest BCUT2D eigenvalue weighted by molar-refractivity contribution is 6.11. The molecule has 0 radical (unpaired) electrons. The Bertz CT molecular complexity index is 1540. The van der Waals surface area contributed by atoms with Gasteiger partial charge >= 0.3 is 0 Å². The lowest BCUT2D eigenvalue weighted by atomic mass is 9.65. The van der Waals surface area contributed by atoms with Crippen LogP contribution < -0.4 is 5.32 Å². The van der Waals surface area contributed by atoms with E-state index in [9.17, 15) is 14.0 Å². The number of allylic oxidation sites excluding steroid dienone is 1. The number of Topliss-reactive ketones (excluding diaryl/α,β-unsaturated/α-hetero) is 1. The van der Waals surface area contributed by atoms with Crippen LogP contribution in [0.4, 0.5) is 10.2 Å². The van der Waals surface area contributed by atoms with Crippen molar-refractivity contribution in [1.82, 2.24) is 20.5 Å². The molecule has 8 heteroatoms. The molecule has 212 valence electrons. The number of carbonyl (C=O) groups is 2. The molecule has 2 saturated carbocycles. The van der Waals surface area contributed by atoms with Gasteiger partial charge in [-0.15, -0.1) is 0 Å². The van der Waals surface area contributed by atoms with Gasteiger partial charge in [0.25, 0.3) is 5.91 Å². The number of hydrogen-bond acceptors (Lipinski definition) is 5. The first kappa shape index (κ1) is 27.2. The molecule has 0 bridgehead atoms. The summed E-state index contributed by atoms with van der Waals surface area (Å²) in [6.07, 6.45) is 11.2. The van der Waals surface area contributed by atoms with Gasteiger partial charge in [0.15, 0.2) is 5.82 Å². The second-order valence-electron chi connectivity index (χ2n) is 12.7. The third-order valence-corrected chi connectivity index (χ3v) is 9.18. The number of fused-ring (bicyclic) bond motifs is 2. The van der Waals surface area contributed by atoms with E-state index in [1.54, 1.807) is 12.3 Å². The molecule has 3 aliphatic rings. The highest BCUT2D eigenvalue weighted by Crippen LogP contribution is 2.48. The summed E-state index contributed by atoms with van der Waals surface area (Å²) >= 11 is 0. The van der Waals surface area contributed by atoms with Crippen LogP contribution in [-0.2, 0) is 4.79 Å². The van der Waals surface area contributed by atoms with Crippen molar-refractivity contribution in [1.29, 1.82) is 0 Å². The number of aromatic amines is 1. The van der Waals surface area contributed by atoms with Crippen LogP contribution in [0.15, 0.2) is 53.7 Å². The summed E-state index contributed by atoms with van der Waals surface area (Å²) < 4.78 is 13.7. The summed E-state index contributed by atoms with van der Waals surface area (Å²) in [7, 11) is 0. The summed E-state index contributed by atoms with van der Waals surface area (Å²) in [5, 5.41) is 10.5. The van der Waals surface area contributed by atoms with E-state index in [1.165, 1.54) is 18.6 Å². The molecule has 1 aliphatic heterocycles. The standard InChI is InChI=1S/C33H36FN5O2/c1-4-33(13-6-14-33)19-36-31(41)29-28-24(27-25(37-30(28)39-38-29)16-32(2,3)17-26(27)40)12-11-23-10-9-21(18-35-23)20-7-5-8-22(34)15-20/h5,7-12,15,18,24,27H,4,6,13-14,16-17,19H2,1-3H3,(H,36,41)(H,38,39)/b12-11+. The molecular formula is C33H36FN5O2. The van der Waals surface area contributed by atoms with E-state index in [-0.39, 0.29) is 28.3 Å². The minimum absolute atomic E-state index is 0.127. The Morgan fingerprint density at radius 3 is 2.68 bits per heavy atom. The minimum atomic E-state index is -0.448. The molecule has 41 heavy (non-hydrogen) atoms. The average Bonchev–Trinajstić information content (AvgIpc) is 3.34. The van der Waals surface area contributed by atoms with Gasteiger partial charge in [0.1, 0.15) is 17.3 Å². The van der Waals surface area contributed by atoms with Gasteiger partial charge in [0.2, 0.25) is 0 Å². The summed E-state index contributed by atoms with van der Waals surface area (Å²) in [6, 6.07) is 10.2. The number of nitrogens with zero attached hydrogens (tertiary/aromatic N) is 3. The Morgan fingerprint density at radius 2 is 2.00 bits per heavy atom. The molecule has 0 saturated heterocycles. The van der Waals surface area contributed by atoms with E-state index < -0.39 is 11.8 Å². The summed E-state index contributed by atoms with van der Waals surface area (Å²) in [5.41, 5.74) is 4.11. The van der Waals surface area contributed by atoms with Crippen LogP contribution >= 0.6 is 0 Å². The number of amides is 1. The van der Waals surface area contributed by atoms with Crippen molar-refractivity contribution in [3.8, 4) is 11.1 Å². The fourth-order valence-corrected chi connectivity index (χ4v) is 6.61. The number of ketones is 1. The van der Waals surface area contributed by atoms with Crippen LogP contribution in [0.25, 0.3) is 17.2 Å². The van der Waals surface area contributed by atoms with Crippen molar-refractivity contribution in [2.75, 3.05) is 6.54 Å². The predicted molar refractivity (Wildman–Crippen MR) is 158 cm³/mol. The molecule has 3 heterocycles. The molecular weight excluding hydrogens is 517 g/mol. The largest absolute Gasteiger partial charge is 0.350 e. The number of aliphatic imine (C=N–C) groups is 1. The van der Waals surface area contributed by atoms with E-state index in [0.29, 0.717) is 42.2 Å². The average molecular weight is 554 g/mol. The molecule has 7 nitrogen and oxygen atoms in total. The third kappa shape index (κ3) is 5.27. The van der Waals surface area contributed by atoms with Gasteiger partial charge in [-0.1, -0.05) is 51.5 Å². The van der Waals surface area contributed by atoms with Gasteiger partial charge in [-0.25, -0.2) is 9.38 Å². The SMILES string of the molecule is CCC1(CNC(=O)c2[nH]nc3c2C(/C=C/c2ccc(-c4cccc(F)c4)cn2)C2C(=O)CC(C)(C)CC2=N3)CCC1. The van der Waals surface area contributed by atoms with Gasteiger partial charge < -0.3 is 5.32 Å². The number of nitrogens with one attached hydrogen (secondary N) is 2. The zero-order valence-electron chi connectivity index (χ0n) is 23.8. The quantitative estimate of drug-likeness (QED) is 0.336. The van der Waals surface area contributed by atoms with Crippen LogP contribution in [0.1, 0.15) is 87.0 Å². The highest BCUT2D eigenvalue weighted by atomic mass is 19.1. The van der Waals surface area contributed by atoms with Crippen molar-refractivity contribution in [3.63, 3.8) is 0 Å². The molecule has 2 aliphatic carbocycles. The van der Waals surface area contributed by atoms with Gasteiger partial charge in [-0.2, -0.15) is 5.10 Å². The fourth-order valence-electron chi connectivity index (χ4n) is 6.61. The van der Waals surface area contributed by atoms with Gasteiger partial charge in [0, 0.05) is 41.9 Å². The Labute approximate surface area is 239 Å². The first-order chi connectivity index (χ1) is 19.7. The predicted octanol–water partition coefficient (Wildman–Crippen LogP) is 6.81. The molecule has 2 N–H and O–H groups in total. The van der Waals surface area contributed by atoms with Gasteiger partial charge in [-0.05, 0) is 66.4 Å². The van der Waals surface area contributed by atoms with Crippen LogP contribution in [0.5, 0.6) is 0 Å². The number of hydrogen-bond donors (Lipinski definition) is 2. The topological polar surface area (TPSA) is 100 Å². The lowest BCUT2D eigenvalue weighted by Gasteiger charge is -2.41. The van der Waals surface area contributed by atoms with Crippen LogP contribution in [0, 0.1) is 22.6 Å². The monoisotopic (exact) mass is 553 g/mol. The molecule has 2 fully saturated rings. The zero-order valence-corrected chi connectivity index (χ0v) is 23.8. The first-order valence-corrected chi connectivity index (χ1v) is 14.5. The van der Waals surface area contributed by atoms with E-state index in [2.05, 4.69) is 41.3 Å². The Morgan fingerprint density at radius 1 is 1.17 bits per heavy atom. The number of rotatable bonds is 7. The zero-order chi connectivity index (χ0) is 28.8. The third-order valence-electron chi connectivity index (χ3n) is 9.18. The number of halogens is 1.